The number of anilines is 1. The Labute approximate surface area is 148 Å². The molecule has 1 aromatic carbocycles. The summed E-state index contributed by atoms with van der Waals surface area (Å²) in [6, 6.07) is 12.1. The van der Waals surface area contributed by atoms with Crippen LogP contribution in [0, 0.1) is 0 Å². The third-order valence-corrected chi connectivity index (χ3v) is 4.65. The van der Waals surface area contributed by atoms with Crippen LogP contribution in [0.1, 0.15) is 22.2 Å². The minimum atomic E-state index is -0.174. The molecule has 1 aliphatic heterocycles. The SMILES string of the molecule is CN(C)c1ccc([C@@H](CNC(=O)c2ccco2)[NH+]2CCOCC2)cc1. The fourth-order valence-corrected chi connectivity index (χ4v) is 3.17. The maximum absolute atomic E-state index is 12.2. The molecule has 1 atom stereocenters. The number of benzene rings is 1. The minimum Gasteiger partial charge on any atom is -0.459 e. The molecule has 1 aliphatic rings. The van der Waals surface area contributed by atoms with Crippen molar-refractivity contribution in [1.82, 2.24) is 5.32 Å². The smallest absolute Gasteiger partial charge is 0.287 e. The molecule has 0 aliphatic carbocycles. The van der Waals surface area contributed by atoms with E-state index in [1.807, 2.05) is 14.1 Å². The lowest BCUT2D eigenvalue weighted by molar-refractivity contribution is -0.937. The first-order chi connectivity index (χ1) is 12.1. The van der Waals surface area contributed by atoms with Gasteiger partial charge in [-0.05, 0) is 24.3 Å². The Morgan fingerprint density at radius 1 is 1.20 bits per heavy atom. The van der Waals surface area contributed by atoms with E-state index in [9.17, 15) is 4.79 Å². The Kier molecular flexibility index (Phi) is 5.73. The van der Waals surface area contributed by atoms with Gasteiger partial charge >= 0.3 is 0 Å². The van der Waals surface area contributed by atoms with E-state index >= 15 is 0 Å². The molecule has 25 heavy (non-hydrogen) atoms. The standard InChI is InChI=1S/C19H25N3O3/c1-21(2)16-7-5-15(6-8-16)17(22-9-12-24-13-10-22)14-20-19(23)18-4-3-11-25-18/h3-8,11,17H,9-10,12-14H2,1-2H3,(H,20,23)/p+1/t17-/m1/s1. The lowest BCUT2D eigenvalue weighted by atomic mass is 10.0. The molecule has 2 N–H and O–H groups in total. The number of rotatable bonds is 6. The summed E-state index contributed by atoms with van der Waals surface area (Å²) in [5.41, 5.74) is 2.39. The summed E-state index contributed by atoms with van der Waals surface area (Å²) in [4.78, 5) is 15.7. The summed E-state index contributed by atoms with van der Waals surface area (Å²) >= 11 is 0. The molecule has 6 nitrogen and oxygen atoms in total. The van der Waals surface area contributed by atoms with E-state index in [1.165, 1.54) is 22.4 Å². The number of ether oxygens (including phenoxy) is 1. The Balaban J connectivity index is 1.73. The van der Waals surface area contributed by atoms with Crippen LogP contribution in [0.5, 0.6) is 0 Å². The molecule has 1 fully saturated rings. The first-order valence-corrected chi connectivity index (χ1v) is 8.66. The number of hydrogen-bond acceptors (Lipinski definition) is 4. The van der Waals surface area contributed by atoms with Crippen LogP contribution in [0.3, 0.4) is 0 Å². The van der Waals surface area contributed by atoms with Crippen molar-refractivity contribution >= 4 is 11.6 Å². The van der Waals surface area contributed by atoms with Crippen LogP contribution in [0.15, 0.2) is 47.1 Å². The van der Waals surface area contributed by atoms with Gasteiger partial charge in [0.05, 0.1) is 26.0 Å². The molecule has 6 heteroatoms. The highest BCUT2D eigenvalue weighted by Crippen LogP contribution is 2.16. The van der Waals surface area contributed by atoms with Crippen molar-refractivity contribution in [2.24, 2.45) is 0 Å². The third kappa shape index (κ3) is 4.41. The predicted molar refractivity (Wildman–Crippen MR) is 96.1 cm³/mol. The molecule has 1 amide bonds. The summed E-state index contributed by atoms with van der Waals surface area (Å²) in [5, 5.41) is 3.01. The summed E-state index contributed by atoms with van der Waals surface area (Å²) in [6.45, 7) is 3.96. The Morgan fingerprint density at radius 3 is 2.52 bits per heavy atom. The quantitative estimate of drug-likeness (QED) is 0.811. The predicted octanol–water partition coefficient (Wildman–Crippen LogP) is 0.732. The molecule has 0 saturated carbocycles. The van der Waals surface area contributed by atoms with Crippen molar-refractivity contribution in [3.63, 3.8) is 0 Å². The molecule has 2 aromatic rings. The molecule has 0 bridgehead atoms. The molecular weight excluding hydrogens is 318 g/mol. The number of furan rings is 1. The second kappa shape index (κ2) is 8.18. The molecular formula is C19H26N3O3+. The van der Waals surface area contributed by atoms with E-state index in [-0.39, 0.29) is 11.9 Å². The third-order valence-electron chi connectivity index (χ3n) is 4.65. The van der Waals surface area contributed by atoms with Crippen molar-refractivity contribution < 1.29 is 18.8 Å². The van der Waals surface area contributed by atoms with Crippen molar-refractivity contribution in [1.29, 1.82) is 0 Å². The molecule has 1 aromatic heterocycles. The monoisotopic (exact) mass is 344 g/mol. The average molecular weight is 344 g/mol. The fourth-order valence-electron chi connectivity index (χ4n) is 3.17. The van der Waals surface area contributed by atoms with Crippen LogP contribution < -0.4 is 15.1 Å². The number of amides is 1. The van der Waals surface area contributed by atoms with Crippen LogP contribution >= 0.6 is 0 Å². The second-order valence-electron chi connectivity index (χ2n) is 6.50. The highest BCUT2D eigenvalue weighted by atomic mass is 16.5. The van der Waals surface area contributed by atoms with Gasteiger partial charge in [0, 0.05) is 25.3 Å². The minimum absolute atomic E-state index is 0.174. The Bertz CT molecular complexity index is 662. The van der Waals surface area contributed by atoms with Crippen LogP contribution in [0.4, 0.5) is 5.69 Å². The normalized spacial score (nSPS) is 16.4. The average Bonchev–Trinajstić information content (AvgIpc) is 3.18. The van der Waals surface area contributed by atoms with Gasteiger partial charge in [0.1, 0.15) is 19.1 Å². The van der Waals surface area contributed by atoms with Crippen molar-refractivity contribution in [3.05, 3.63) is 54.0 Å². The zero-order valence-corrected chi connectivity index (χ0v) is 14.8. The Hall–Kier alpha value is -2.31. The van der Waals surface area contributed by atoms with Gasteiger partial charge < -0.3 is 24.3 Å². The van der Waals surface area contributed by atoms with Crippen molar-refractivity contribution in [3.8, 4) is 0 Å². The van der Waals surface area contributed by atoms with E-state index in [2.05, 4.69) is 34.5 Å². The van der Waals surface area contributed by atoms with Gasteiger partial charge in [-0.3, -0.25) is 4.79 Å². The van der Waals surface area contributed by atoms with Crippen molar-refractivity contribution in [2.45, 2.75) is 6.04 Å². The first kappa shape index (κ1) is 17.5. The van der Waals surface area contributed by atoms with Gasteiger partial charge in [0.25, 0.3) is 5.91 Å². The van der Waals surface area contributed by atoms with E-state index in [0.717, 1.165) is 26.3 Å². The van der Waals surface area contributed by atoms with E-state index in [1.54, 1.807) is 12.1 Å². The fraction of sp³-hybridized carbons (Fsp3) is 0.421. The molecule has 1 saturated heterocycles. The molecule has 0 radical (unpaired) electrons. The van der Waals surface area contributed by atoms with Crippen LogP contribution in [0.25, 0.3) is 0 Å². The number of hydrogen-bond donors (Lipinski definition) is 2. The molecule has 2 heterocycles. The van der Waals surface area contributed by atoms with Crippen molar-refractivity contribution in [2.75, 3.05) is 51.8 Å². The number of nitrogens with one attached hydrogen (secondary N) is 2. The highest BCUT2D eigenvalue weighted by molar-refractivity contribution is 5.91. The van der Waals surface area contributed by atoms with Crippen LogP contribution in [-0.2, 0) is 4.74 Å². The molecule has 0 spiro atoms. The summed E-state index contributed by atoms with van der Waals surface area (Å²) < 4.78 is 10.7. The summed E-state index contributed by atoms with van der Waals surface area (Å²) in [6.07, 6.45) is 1.51. The van der Waals surface area contributed by atoms with Crippen LogP contribution in [-0.4, -0.2) is 52.9 Å². The maximum Gasteiger partial charge on any atom is 0.287 e. The van der Waals surface area contributed by atoms with Gasteiger partial charge in [0.15, 0.2) is 5.76 Å². The van der Waals surface area contributed by atoms with Gasteiger partial charge in [-0.1, -0.05) is 12.1 Å². The summed E-state index contributed by atoms with van der Waals surface area (Å²) in [7, 11) is 4.06. The molecule has 3 rings (SSSR count). The van der Waals surface area contributed by atoms with E-state index in [4.69, 9.17) is 9.15 Å². The van der Waals surface area contributed by atoms with Gasteiger partial charge in [0.2, 0.25) is 0 Å². The number of carbonyl (C=O) groups excluding carboxylic acids is 1. The van der Waals surface area contributed by atoms with E-state index in [0.29, 0.717) is 12.3 Å². The second-order valence-corrected chi connectivity index (χ2v) is 6.50. The maximum atomic E-state index is 12.2. The summed E-state index contributed by atoms with van der Waals surface area (Å²) in [5.74, 6) is 0.172. The van der Waals surface area contributed by atoms with Gasteiger partial charge in [-0.2, -0.15) is 0 Å². The topological polar surface area (TPSA) is 59.2 Å². The zero-order chi connectivity index (χ0) is 17.6. The van der Waals surface area contributed by atoms with Gasteiger partial charge in [-0.25, -0.2) is 0 Å². The van der Waals surface area contributed by atoms with Crippen LogP contribution in [0.2, 0.25) is 0 Å². The molecule has 134 valence electrons. The Morgan fingerprint density at radius 2 is 1.92 bits per heavy atom. The lowest BCUT2D eigenvalue weighted by Crippen LogP contribution is -3.15. The first-order valence-electron chi connectivity index (χ1n) is 8.66. The number of nitrogens with zero attached hydrogens (tertiary/aromatic N) is 1. The lowest BCUT2D eigenvalue weighted by Gasteiger charge is -2.32. The molecule has 0 unspecified atom stereocenters. The van der Waals surface area contributed by atoms with E-state index < -0.39 is 0 Å². The number of quaternary nitrogens is 1. The zero-order valence-electron chi connectivity index (χ0n) is 14.8. The largest absolute Gasteiger partial charge is 0.459 e. The number of morpholine rings is 1. The van der Waals surface area contributed by atoms with Gasteiger partial charge in [-0.15, -0.1) is 0 Å². The highest BCUT2D eigenvalue weighted by Gasteiger charge is 2.27. The number of carbonyl (C=O) groups is 1.